The lowest BCUT2D eigenvalue weighted by Gasteiger charge is -2.42. The number of halogens is 1. The second kappa shape index (κ2) is 7.35. The number of piperidine rings is 1. The molecule has 1 fully saturated rings. The van der Waals surface area contributed by atoms with Crippen molar-refractivity contribution in [2.75, 3.05) is 19.6 Å². The van der Waals surface area contributed by atoms with Crippen LogP contribution >= 0.6 is 0 Å². The zero-order valence-electron chi connectivity index (χ0n) is 14.3. The highest BCUT2D eigenvalue weighted by Gasteiger charge is 2.42. The third kappa shape index (κ3) is 3.78. The second-order valence-corrected chi connectivity index (χ2v) is 6.95. The highest BCUT2D eigenvalue weighted by atomic mass is 19.1. The predicted molar refractivity (Wildman–Crippen MR) is 95.9 cm³/mol. The van der Waals surface area contributed by atoms with E-state index in [2.05, 4.69) is 29.2 Å². The summed E-state index contributed by atoms with van der Waals surface area (Å²) >= 11 is 0. The first-order valence-electron chi connectivity index (χ1n) is 8.82. The quantitative estimate of drug-likeness (QED) is 0.872. The molecule has 24 heavy (non-hydrogen) atoms. The molecule has 2 atom stereocenters. The molecule has 0 spiro atoms. The zero-order valence-corrected chi connectivity index (χ0v) is 14.3. The summed E-state index contributed by atoms with van der Waals surface area (Å²) in [6.45, 7) is 4.52. The minimum absolute atomic E-state index is 0.0789. The van der Waals surface area contributed by atoms with E-state index in [9.17, 15) is 5.11 Å². The second-order valence-electron chi connectivity index (χ2n) is 6.95. The lowest BCUT2D eigenvalue weighted by molar-refractivity contribution is 0.00119. The Morgan fingerprint density at radius 3 is 2.67 bits per heavy atom. The fraction of sp³-hybridized carbons (Fsp3) is 0.429. The number of phenolic OH excluding ortho intramolecular Hbond substituents is 1. The summed E-state index contributed by atoms with van der Waals surface area (Å²) in [6, 6.07) is 17.2. The molecule has 128 valence electrons. The molecule has 1 N–H and O–H groups in total. The molecule has 3 heteroatoms. The first-order valence-corrected chi connectivity index (χ1v) is 8.82. The maximum absolute atomic E-state index is 15.5. The fourth-order valence-corrected chi connectivity index (χ4v) is 3.74. The van der Waals surface area contributed by atoms with E-state index in [0.29, 0.717) is 12.0 Å². The largest absolute Gasteiger partial charge is 0.508 e. The normalized spacial score (nSPS) is 24.8. The van der Waals surface area contributed by atoms with Crippen molar-refractivity contribution in [2.45, 2.75) is 31.9 Å². The van der Waals surface area contributed by atoms with Gasteiger partial charge in [0.2, 0.25) is 0 Å². The summed E-state index contributed by atoms with van der Waals surface area (Å²) in [7, 11) is 0. The van der Waals surface area contributed by atoms with Crippen molar-refractivity contribution >= 4 is 0 Å². The van der Waals surface area contributed by atoms with Crippen LogP contribution in [0.1, 0.15) is 30.9 Å². The van der Waals surface area contributed by atoms with Crippen LogP contribution in [0, 0.1) is 5.92 Å². The summed E-state index contributed by atoms with van der Waals surface area (Å²) in [5.41, 5.74) is 0.635. The number of hydrogen-bond acceptors (Lipinski definition) is 2. The minimum atomic E-state index is -1.34. The van der Waals surface area contributed by atoms with E-state index in [4.69, 9.17) is 0 Å². The highest BCUT2D eigenvalue weighted by Crippen LogP contribution is 2.41. The summed E-state index contributed by atoms with van der Waals surface area (Å²) in [4.78, 5) is 2.37. The first-order chi connectivity index (χ1) is 11.6. The number of hydrogen-bond donors (Lipinski definition) is 1. The van der Waals surface area contributed by atoms with E-state index in [1.807, 2.05) is 13.0 Å². The Bertz CT molecular complexity index is 660. The van der Waals surface area contributed by atoms with Gasteiger partial charge in [0.05, 0.1) is 0 Å². The number of rotatable bonds is 5. The number of alkyl halides is 1. The number of phenols is 1. The molecule has 2 nitrogen and oxygen atoms in total. The summed E-state index contributed by atoms with van der Waals surface area (Å²) < 4.78 is 15.5. The standard InChI is InChI=1S/C21H26FNO/c1-17-16-23(13-6-9-18-7-3-2-4-8-18)14-12-21(17,22)19-10-5-11-20(24)15-19/h2-5,7-8,10-11,15,17,24H,6,9,12-14,16H2,1H3. The van der Waals surface area contributed by atoms with Crippen molar-refractivity contribution in [1.29, 1.82) is 0 Å². The average Bonchev–Trinajstić information content (AvgIpc) is 2.59. The van der Waals surface area contributed by atoms with Crippen LogP contribution in [-0.2, 0) is 12.1 Å². The molecule has 2 unspecified atom stereocenters. The number of nitrogens with zero attached hydrogens (tertiary/aromatic N) is 1. The van der Waals surface area contributed by atoms with Gasteiger partial charge in [-0.05, 0) is 49.1 Å². The molecule has 1 saturated heterocycles. The van der Waals surface area contributed by atoms with Gasteiger partial charge < -0.3 is 10.0 Å². The maximum atomic E-state index is 15.5. The Morgan fingerprint density at radius 1 is 1.17 bits per heavy atom. The summed E-state index contributed by atoms with van der Waals surface area (Å²) in [6.07, 6.45) is 2.66. The lowest BCUT2D eigenvalue weighted by atomic mass is 9.78. The Labute approximate surface area is 143 Å². The Balaban J connectivity index is 1.55. The van der Waals surface area contributed by atoms with Gasteiger partial charge in [0.1, 0.15) is 11.4 Å². The van der Waals surface area contributed by atoms with Gasteiger partial charge >= 0.3 is 0 Å². The van der Waals surface area contributed by atoms with E-state index in [0.717, 1.165) is 32.5 Å². The topological polar surface area (TPSA) is 23.5 Å². The van der Waals surface area contributed by atoms with Crippen molar-refractivity contribution in [3.63, 3.8) is 0 Å². The third-order valence-corrected chi connectivity index (χ3v) is 5.21. The molecule has 0 bridgehead atoms. The monoisotopic (exact) mass is 327 g/mol. The Morgan fingerprint density at radius 2 is 1.96 bits per heavy atom. The van der Waals surface area contributed by atoms with Crippen molar-refractivity contribution in [3.8, 4) is 5.75 Å². The Kier molecular flexibility index (Phi) is 5.20. The van der Waals surface area contributed by atoms with Crippen LogP contribution in [0.15, 0.2) is 54.6 Å². The predicted octanol–water partition coefficient (Wildman–Crippen LogP) is 4.53. The first kappa shape index (κ1) is 17.0. The molecule has 1 aliphatic heterocycles. The zero-order chi connectivity index (χ0) is 17.0. The van der Waals surface area contributed by atoms with Crippen molar-refractivity contribution in [1.82, 2.24) is 4.90 Å². The van der Waals surface area contributed by atoms with Gasteiger partial charge in [-0.2, -0.15) is 0 Å². The van der Waals surface area contributed by atoms with Gasteiger partial charge in [-0.25, -0.2) is 4.39 Å². The molecular formula is C21H26FNO. The van der Waals surface area contributed by atoms with Crippen LogP contribution in [0.25, 0.3) is 0 Å². The number of aryl methyl sites for hydroxylation is 1. The van der Waals surface area contributed by atoms with E-state index in [1.165, 1.54) is 5.56 Å². The molecular weight excluding hydrogens is 301 g/mol. The van der Waals surface area contributed by atoms with E-state index >= 15 is 4.39 Å². The fourth-order valence-electron chi connectivity index (χ4n) is 3.74. The minimum Gasteiger partial charge on any atom is -0.508 e. The van der Waals surface area contributed by atoms with E-state index in [1.54, 1.807) is 24.3 Å². The maximum Gasteiger partial charge on any atom is 0.141 e. The van der Waals surface area contributed by atoms with Crippen LogP contribution in [0.5, 0.6) is 5.75 Å². The van der Waals surface area contributed by atoms with Gasteiger partial charge in [0, 0.05) is 19.0 Å². The molecule has 0 radical (unpaired) electrons. The molecule has 2 aromatic carbocycles. The summed E-state index contributed by atoms with van der Waals surface area (Å²) in [5.74, 6) is 0.0618. The van der Waals surface area contributed by atoms with Crippen molar-refractivity contribution < 1.29 is 9.50 Å². The third-order valence-electron chi connectivity index (χ3n) is 5.21. The molecule has 0 saturated carbocycles. The van der Waals surface area contributed by atoms with Gasteiger partial charge in [0.25, 0.3) is 0 Å². The average molecular weight is 327 g/mol. The molecule has 3 rings (SSSR count). The van der Waals surface area contributed by atoms with Crippen molar-refractivity contribution in [2.24, 2.45) is 5.92 Å². The molecule has 0 aromatic heterocycles. The van der Waals surface area contributed by atoms with E-state index in [-0.39, 0.29) is 11.7 Å². The summed E-state index contributed by atoms with van der Waals surface area (Å²) in [5, 5.41) is 9.64. The van der Waals surface area contributed by atoms with Crippen LogP contribution in [0.4, 0.5) is 4.39 Å². The molecule has 1 aliphatic rings. The van der Waals surface area contributed by atoms with Crippen LogP contribution in [0.3, 0.4) is 0 Å². The molecule has 0 aliphatic carbocycles. The van der Waals surface area contributed by atoms with Gasteiger partial charge in [-0.15, -0.1) is 0 Å². The van der Waals surface area contributed by atoms with Crippen LogP contribution in [0.2, 0.25) is 0 Å². The SMILES string of the molecule is CC1CN(CCCc2ccccc2)CCC1(F)c1cccc(O)c1. The van der Waals surface area contributed by atoms with Gasteiger partial charge in [0.15, 0.2) is 0 Å². The van der Waals surface area contributed by atoms with Crippen LogP contribution in [-0.4, -0.2) is 29.6 Å². The smallest absolute Gasteiger partial charge is 0.141 e. The van der Waals surface area contributed by atoms with Gasteiger partial charge in [-0.3, -0.25) is 0 Å². The molecule has 2 aromatic rings. The number of likely N-dealkylation sites (tertiary alicyclic amines) is 1. The molecule has 0 amide bonds. The van der Waals surface area contributed by atoms with Crippen molar-refractivity contribution in [3.05, 3.63) is 65.7 Å². The lowest BCUT2D eigenvalue weighted by Crippen LogP contribution is -2.46. The highest BCUT2D eigenvalue weighted by molar-refractivity contribution is 5.32. The number of benzene rings is 2. The Hall–Kier alpha value is -1.87. The van der Waals surface area contributed by atoms with Crippen LogP contribution < -0.4 is 0 Å². The van der Waals surface area contributed by atoms with Gasteiger partial charge in [-0.1, -0.05) is 49.4 Å². The number of aromatic hydroxyl groups is 1. The van der Waals surface area contributed by atoms with E-state index < -0.39 is 5.67 Å². The molecule has 1 heterocycles.